The van der Waals surface area contributed by atoms with Crippen molar-refractivity contribution < 1.29 is 17.6 Å². The van der Waals surface area contributed by atoms with Crippen LogP contribution < -0.4 is 5.32 Å². The van der Waals surface area contributed by atoms with Gasteiger partial charge in [-0.2, -0.15) is 18.3 Å². The maximum absolute atomic E-state index is 14.6. The molecule has 2 aromatic rings. The van der Waals surface area contributed by atoms with Crippen LogP contribution in [0.15, 0.2) is 0 Å². The molecule has 0 radical (unpaired) electrons. The number of aromatic nitrogens is 3. The number of pyridine rings is 1. The van der Waals surface area contributed by atoms with Gasteiger partial charge >= 0.3 is 6.18 Å². The molecule has 9 heteroatoms. The van der Waals surface area contributed by atoms with E-state index in [0.717, 1.165) is 25.9 Å². The molecule has 0 bridgehead atoms. The zero-order valence-electron chi connectivity index (χ0n) is 12.4. The summed E-state index contributed by atoms with van der Waals surface area (Å²) < 4.78 is 56.5. The topological polar surface area (TPSA) is 42.7 Å². The van der Waals surface area contributed by atoms with E-state index in [1.165, 1.54) is 4.68 Å². The monoisotopic (exact) mass is 360 g/mol. The molecular weight excluding hydrogens is 348 g/mol. The second-order valence-corrected chi connectivity index (χ2v) is 7.22. The van der Waals surface area contributed by atoms with Crippen LogP contribution in [0.2, 0.25) is 5.15 Å². The lowest BCUT2D eigenvalue weighted by molar-refractivity contribution is -0.139. The van der Waals surface area contributed by atoms with Crippen LogP contribution in [-0.2, 0) is 6.18 Å². The minimum Gasteiger partial charge on any atom is -0.316 e. The Hall–Kier alpha value is -1.41. The third-order valence-corrected chi connectivity index (χ3v) is 5.59. The lowest BCUT2D eigenvalue weighted by atomic mass is 10.1. The summed E-state index contributed by atoms with van der Waals surface area (Å²) in [6.45, 7) is 1.52. The van der Waals surface area contributed by atoms with Crippen LogP contribution in [0.1, 0.15) is 36.2 Å². The van der Waals surface area contributed by atoms with Gasteiger partial charge < -0.3 is 5.32 Å². The molecule has 3 heterocycles. The van der Waals surface area contributed by atoms with Crippen molar-refractivity contribution in [3.8, 4) is 0 Å². The van der Waals surface area contributed by atoms with Crippen molar-refractivity contribution >= 4 is 22.5 Å². The molecule has 2 aromatic heterocycles. The van der Waals surface area contributed by atoms with Gasteiger partial charge in [0.15, 0.2) is 16.7 Å². The van der Waals surface area contributed by atoms with Crippen molar-refractivity contribution in [2.45, 2.75) is 31.0 Å². The Labute approximate surface area is 139 Å². The lowest BCUT2D eigenvalue weighted by Gasteiger charge is -2.10. The number of nitrogens with zero attached hydrogens (tertiary/aromatic N) is 3. The molecule has 1 aliphatic heterocycles. The SMILES string of the molecule is Fc1c(Cl)nc(C(F)(F)F)c2c(C3C4CNCC43)nn(C3CC3)c12. The Morgan fingerprint density at radius 1 is 1.17 bits per heavy atom. The number of alkyl halides is 3. The third-order valence-electron chi connectivity index (χ3n) is 5.34. The van der Waals surface area contributed by atoms with Gasteiger partial charge in [0.1, 0.15) is 5.52 Å². The molecule has 24 heavy (non-hydrogen) atoms. The fraction of sp³-hybridized carbons (Fsp3) is 0.600. The summed E-state index contributed by atoms with van der Waals surface area (Å²) in [6, 6.07) is -0.0491. The molecule has 2 unspecified atom stereocenters. The van der Waals surface area contributed by atoms with Crippen LogP contribution in [0.3, 0.4) is 0 Å². The van der Waals surface area contributed by atoms with Crippen LogP contribution in [0.4, 0.5) is 17.6 Å². The predicted molar refractivity (Wildman–Crippen MR) is 78.4 cm³/mol. The van der Waals surface area contributed by atoms with E-state index in [2.05, 4.69) is 15.4 Å². The van der Waals surface area contributed by atoms with Crippen LogP contribution in [0, 0.1) is 17.7 Å². The first-order valence-electron chi connectivity index (χ1n) is 7.93. The van der Waals surface area contributed by atoms with Crippen molar-refractivity contribution in [3.63, 3.8) is 0 Å². The fourth-order valence-electron chi connectivity index (χ4n) is 4.04. The molecule has 2 atom stereocenters. The zero-order valence-corrected chi connectivity index (χ0v) is 13.1. The van der Waals surface area contributed by atoms with E-state index < -0.39 is 22.8 Å². The summed E-state index contributed by atoms with van der Waals surface area (Å²) in [5, 5.41) is 6.68. The molecule has 2 saturated carbocycles. The summed E-state index contributed by atoms with van der Waals surface area (Å²) in [5.41, 5.74) is -0.926. The molecule has 0 amide bonds. The van der Waals surface area contributed by atoms with Crippen LogP contribution in [0.5, 0.6) is 0 Å². The van der Waals surface area contributed by atoms with E-state index in [4.69, 9.17) is 11.6 Å². The first-order valence-corrected chi connectivity index (χ1v) is 8.30. The highest BCUT2D eigenvalue weighted by molar-refractivity contribution is 6.30. The van der Waals surface area contributed by atoms with E-state index in [9.17, 15) is 17.6 Å². The van der Waals surface area contributed by atoms with Gasteiger partial charge in [-0.3, -0.25) is 4.68 Å². The van der Waals surface area contributed by atoms with Gasteiger partial charge in [-0.05, 0) is 37.8 Å². The maximum Gasteiger partial charge on any atom is 0.434 e. The van der Waals surface area contributed by atoms with Gasteiger partial charge in [0, 0.05) is 5.92 Å². The second-order valence-electron chi connectivity index (χ2n) is 6.86. The fourth-order valence-corrected chi connectivity index (χ4v) is 4.22. The quantitative estimate of drug-likeness (QED) is 0.658. The normalized spacial score (nSPS) is 29.3. The highest BCUT2D eigenvalue weighted by atomic mass is 35.5. The molecule has 0 spiro atoms. The summed E-state index contributed by atoms with van der Waals surface area (Å²) in [6.07, 6.45) is -3.13. The standard InChI is InChI=1S/C15H13ClF4N4/c16-14-10(17)12-9(13(22-14)15(18,19)20)11(23-24(12)5-1-2-5)8-6-3-21-4-7(6)8/h5-8,21H,1-4H2. The van der Waals surface area contributed by atoms with Crippen molar-refractivity contribution in [2.75, 3.05) is 13.1 Å². The summed E-state index contributed by atoms with van der Waals surface area (Å²) in [4.78, 5) is 3.33. The number of fused-ring (bicyclic) bond motifs is 2. The van der Waals surface area contributed by atoms with E-state index >= 15 is 0 Å². The van der Waals surface area contributed by atoms with E-state index in [-0.39, 0.29) is 34.7 Å². The van der Waals surface area contributed by atoms with Gasteiger partial charge in [-0.1, -0.05) is 11.6 Å². The number of piperidine rings is 1. The molecule has 5 rings (SSSR count). The molecule has 2 aliphatic carbocycles. The van der Waals surface area contributed by atoms with E-state index in [1.54, 1.807) is 0 Å². The molecular formula is C15H13ClF4N4. The number of hydrogen-bond donors (Lipinski definition) is 1. The van der Waals surface area contributed by atoms with Crippen molar-refractivity contribution in [1.82, 2.24) is 20.1 Å². The summed E-state index contributed by atoms with van der Waals surface area (Å²) >= 11 is 5.66. The van der Waals surface area contributed by atoms with Crippen LogP contribution in [-0.4, -0.2) is 27.9 Å². The van der Waals surface area contributed by atoms with Crippen LogP contribution >= 0.6 is 11.6 Å². The average Bonchev–Trinajstić information content (AvgIpc) is 3.39. The van der Waals surface area contributed by atoms with Crippen LogP contribution in [0.25, 0.3) is 10.9 Å². The molecule has 3 fully saturated rings. The summed E-state index contributed by atoms with van der Waals surface area (Å²) in [5.74, 6) is -0.419. The Kier molecular flexibility index (Phi) is 2.86. The Morgan fingerprint density at radius 2 is 1.83 bits per heavy atom. The molecule has 128 valence electrons. The zero-order chi connectivity index (χ0) is 16.8. The molecule has 0 aromatic carbocycles. The first kappa shape index (κ1) is 14.9. The smallest absolute Gasteiger partial charge is 0.316 e. The molecule has 1 saturated heterocycles. The van der Waals surface area contributed by atoms with Crippen molar-refractivity contribution in [3.05, 3.63) is 22.4 Å². The highest BCUT2D eigenvalue weighted by Crippen LogP contribution is 2.58. The van der Waals surface area contributed by atoms with Gasteiger partial charge in [0.25, 0.3) is 0 Å². The third kappa shape index (κ3) is 1.95. The number of halogens is 5. The molecule has 3 aliphatic rings. The Balaban J connectivity index is 1.81. The minimum absolute atomic E-state index is 0.0491. The predicted octanol–water partition coefficient (Wildman–Crippen LogP) is 3.51. The molecule has 1 N–H and O–H groups in total. The maximum atomic E-state index is 14.6. The van der Waals surface area contributed by atoms with Crippen molar-refractivity contribution in [2.24, 2.45) is 11.8 Å². The Bertz CT molecular complexity index is 848. The number of rotatable bonds is 2. The number of hydrogen-bond acceptors (Lipinski definition) is 3. The number of nitrogens with one attached hydrogen (secondary N) is 1. The van der Waals surface area contributed by atoms with E-state index in [0.29, 0.717) is 5.69 Å². The average molecular weight is 361 g/mol. The minimum atomic E-state index is -4.70. The first-order chi connectivity index (χ1) is 11.4. The highest BCUT2D eigenvalue weighted by Gasteiger charge is 2.56. The van der Waals surface area contributed by atoms with E-state index in [1.807, 2.05) is 0 Å². The van der Waals surface area contributed by atoms with Gasteiger partial charge in [0.2, 0.25) is 0 Å². The van der Waals surface area contributed by atoms with Gasteiger partial charge in [-0.25, -0.2) is 9.37 Å². The lowest BCUT2D eigenvalue weighted by Crippen LogP contribution is -2.15. The second kappa shape index (κ2) is 4.60. The summed E-state index contributed by atoms with van der Waals surface area (Å²) in [7, 11) is 0. The van der Waals surface area contributed by atoms with Gasteiger partial charge in [-0.15, -0.1) is 0 Å². The largest absolute Gasteiger partial charge is 0.434 e. The van der Waals surface area contributed by atoms with Gasteiger partial charge in [0.05, 0.1) is 17.1 Å². The van der Waals surface area contributed by atoms with Crippen molar-refractivity contribution in [1.29, 1.82) is 0 Å². The Morgan fingerprint density at radius 3 is 2.42 bits per heavy atom. The molecule has 4 nitrogen and oxygen atoms in total.